The van der Waals surface area contributed by atoms with Crippen LogP contribution in [-0.2, 0) is 6.18 Å². The van der Waals surface area contributed by atoms with E-state index in [9.17, 15) is 17.6 Å². The highest BCUT2D eigenvalue weighted by Gasteiger charge is 2.34. The third kappa shape index (κ3) is 4.53. The molecule has 0 amide bonds. The summed E-state index contributed by atoms with van der Waals surface area (Å²) in [5.41, 5.74) is -0.0813. The standard InChI is InChI=1S/C9H6F4.C7H8/c1-2-6-4-3-5-7(8(6)10)9(11,12)13;1-7-5-3-2-4-6-7/h2-5H,1H2;2-6H,1H3. The topological polar surface area (TPSA) is 0 Å². The van der Waals surface area contributed by atoms with Crippen molar-refractivity contribution in [2.24, 2.45) is 0 Å². The quantitative estimate of drug-likeness (QED) is 0.607. The first-order valence-electron chi connectivity index (χ1n) is 5.86. The molecule has 0 saturated carbocycles. The van der Waals surface area contributed by atoms with Gasteiger partial charge < -0.3 is 0 Å². The van der Waals surface area contributed by atoms with Crippen LogP contribution in [0.25, 0.3) is 6.08 Å². The van der Waals surface area contributed by atoms with Crippen LogP contribution in [0, 0.1) is 12.7 Å². The van der Waals surface area contributed by atoms with Gasteiger partial charge in [0.05, 0.1) is 5.56 Å². The number of benzene rings is 2. The summed E-state index contributed by atoms with van der Waals surface area (Å²) < 4.78 is 49.2. The Morgan fingerprint density at radius 2 is 1.55 bits per heavy atom. The maximum absolute atomic E-state index is 13.0. The van der Waals surface area contributed by atoms with Crippen molar-refractivity contribution in [3.05, 3.63) is 77.6 Å². The Morgan fingerprint density at radius 1 is 0.950 bits per heavy atom. The molecular formula is C16H14F4. The molecule has 0 N–H and O–H groups in total. The van der Waals surface area contributed by atoms with E-state index in [0.29, 0.717) is 6.07 Å². The van der Waals surface area contributed by atoms with Crippen molar-refractivity contribution in [3.63, 3.8) is 0 Å². The molecule has 0 heterocycles. The molecule has 4 heteroatoms. The minimum atomic E-state index is -4.65. The fourth-order valence-corrected chi connectivity index (χ4v) is 1.46. The second-order valence-corrected chi connectivity index (χ2v) is 4.07. The van der Waals surface area contributed by atoms with E-state index in [-0.39, 0.29) is 5.56 Å². The summed E-state index contributed by atoms with van der Waals surface area (Å²) in [5.74, 6) is -1.27. The highest BCUT2D eigenvalue weighted by Crippen LogP contribution is 2.32. The third-order valence-electron chi connectivity index (χ3n) is 2.49. The number of halogens is 4. The zero-order valence-corrected chi connectivity index (χ0v) is 10.9. The molecule has 0 aliphatic heterocycles. The molecule has 0 unspecified atom stereocenters. The van der Waals surface area contributed by atoms with Crippen molar-refractivity contribution in [1.82, 2.24) is 0 Å². The van der Waals surface area contributed by atoms with E-state index < -0.39 is 17.6 Å². The van der Waals surface area contributed by atoms with Crippen LogP contribution in [0.15, 0.2) is 55.1 Å². The number of aryl methyl sites for hydroxylation is 1. The molecule has 2 aromatic carbocycles. The molecular weight excluding hydrogens is 268 g/mol. The smallest absolute Gasteiger partial charge is 0.206 e. The van der Waals surface area contributed by atoms with Crippen molar-refractivity contribution in [2.45, 2.75) is 13.1 Å². The Bertz CT molecular complexity index is 556. The summed E-state index contributed by atoms with van der Waals surface area (Å²) in [6, 6.07) is 13.3. The second-order valence-electron chi connectivity index (χ2n) is 4.07. The SMILES string of the molecule is C=Cc1cccc(C(F)(F)F)c1F.Cc1ccccc1. The predicted octanol–water partition coefficient (Wildman–Crippen LogP) is 5.48. The largest absolute Gasteiger partial charge is 0.419 e. The number of alkyl halides is 3. The van der Waals surface area contributed by atoms with Gasteiger partial charge in [-0.1, -0.05) is 60.7 Å². The van der Waals surface area contributed by atoms with Crippen molar-refractivity contribution in [2.75, 3.05) is 0 Å². The molecule has 0 nitrogen and oxygen atoms in total. The van der Waals surface area contributed by atoms with Crippen molar-refractivity contribution in [3.8, 4) is 0 Å². The molecule has 2 aromatic rings. The fourth-order valence-electron chi connectivity index (χ4n) is 1.46. The van der Waals surface area contributed by atoms with Crippen LogP contribution in [0.4, 0.5) is 17.6 Å². The molecule has 106 valence electrons. The van der Waals surface area contributed by atoms with E-state index in [0.717, 1.165) is 12.1 Å². The average Bonchev–Trinajstić information content (AvgIpc) is 2.39. The van der Waals surface area contributed by atoms with Gasteiger partial charge in [0.2, 0.25) is 0 Å². The minimum absolute atomic E-state index is 0.144. The molecule has 2 rings (SSSR count). The van der Waals surface area contributed by atoms with Crippen molar-refractivity contribution >= 4 is 6.08 Å². The summed E-state index contributed by atoms with van der Waals surface area (Å²) in [7, 11) is 0. The van der Waals surface area contributed by atoms with Crippen LogP contribution in [0.1, 0.15) is 16.7 Å². The van der Waals surface area contributed by atoms with Gasteiger partial charge in [-0.25, -0.2) is 4.39 Å². The lowest BCUT2D eigenvalue weighted by atomic mass is 10.1. The number of rotatable bonds is 1. The highest BCUT2D eigenvalue weighted by atomic mass is 19.4. The molecule has 0 atom stereocenters. The van der Waals surface area contributed by atoms with Gasteiger partial charge in [-0.15, -0.1) is 0 Å². The Labute approximate surface area is 115 Å². The number of hydrogen-bond acceptors (Lipinski definition) is 0. The Balaban J connectivity index is 0.000000240. The van der Waals surface area contributed by atoms with E-state index in [1.165, 1.54) is 11.6 Å². The maximum atomic E-state index is 13.0. The maximum Gasteiger partial charge on any atom is 0.419 e. The van der Waals surface area contributed by atoms with E-state index in [4.69, 9.17) is 0 Å². The number of hydrogen-bond donors (Lipinski definition) is 0. The lowest BCUT2D eigenvalue weighted by molar-refractivity contribution is -0.140. The summed E-state index contributed by atoms with van der Waals surface area (Å²) in [6.45, 7) is 5.29. The lowest BCUT2D eigenvalue weighted by Crippen LogP contribution is -2.08. The van der Waals surface area contributed by atoms with Gasteiger partial charge >= 0.3 is 6.18 Å². The van der Waals surface area contributed by atoms with Gasteiger partial charge in [0.25, 0.3) is 0 Å². The molecule has 0 saturated heterocycles. The molecule has 0 radical (unpaired) electrons. The second kappa shape index (κ2) is 6.89. The Hall–Kier alpha value is -2.10. The van der Waals surface area contributed by atoms with Crippen molar-refractivity contribution < 1.29 is 17.6 Å². The van der Waals surface area contributed by atoms with Gasteiger partial charge in [0, 0.05) is 5.56 Å². The minimum Gasteiger partial charge on any atom is -0.206 e. The summed E-state index contributed by atoms with van der Waals surface area (Å²) in [4.78, 5) is 0. The summed E-state index contributed by atoms with van der Waals surface area (Å²) in [6.07, 6.45) is -3.60. The normalized spacial score (nSPS) is 10.4. The van der Waals surface area contributed by atoms with Crippen LogP contribution in [0.5, 0.6) is 0 Å². The van der Waals surface area contributed by atoms with Crippen LogP contribution in [-0.4, -0.2) is 0 Å². The van der Waals surface area contributed by atoms with Gasteiger partial charge in [0.15, 0.2) is 0 Å². The zero-order valence-electron chi connectivity index (χ0n) is 10.9. The molecule has 0 aromatic heterocycles. The van der Waals surface area contributed by atoms with Crippen LogP contribution in [0.3, 0.4) is 0 Å². The zero-order chi connectivity index (χ0) is 15.2. The van der Waals surface area contributed by atoms with Crippen LogP contribution < -0.4 is 0 Å². The Kier molecular flexibility index (Phi) is 5.50. The van der Waals surface area contributed by atoms with Crippen LogP contribution in [0.2, 0.25) is 0 Å². The first kappa shape index (κ1) is 16.0. The molecule has 0 aliphatic rings. The average molecular weight is 282 g/mol. The lowest BCUT2D eigenvalue weighted by Gasteiger charge is -2.08. The van der Waals surface area contributed by atoms with E-state index in [1.54, 1.807) is 0 Å². The van der Waals surface area contributed by atoms with Crippen LogP contribution >= 0.6 is 0 Å². The molecule has 0 bridgehead atoms. The molecule has 0 aliphatic carbocycles. The van der Waals surface area contributed by atoms with Gasteiger partial charge in [0.1, 0.15) is 5.82 Å². The molecule has 0 fully saturated rings. The van der Waals surface area contributed by atoms with E-state index >= 15 is 0 Å². The molecule has 0 spiro atoms. The monoisotopic (exact) mass is 282 g/mol. The molecule has 20 heavy (non-hydrogen) atoms. The highest BCUT2D eigenvalue weighted by molar-refractivity contribution is 5.49. The van der Waals surface area contributed by atoms with Gasteiger partial charge in [-0.2, -0.15) is 13.2 Å². The predicted molar refractivity (Wildman–Crippen MR) is 72.7 cm³/mol. The summed E-state index contributed by atoms with van der Waals surface area (Å²) >= 11 is 0. The summed E-state index contributed by atoms with van der Waals surface area (Å²) in [5, 5.41) is 0. The first-order chi connectivity index (χ1) is 9.36. The first-order valence-corrected chi connectivity index (χ1v) is 5.86. The fraction of sp³-hybridized carbons (Fsp3) is 0.125. The van der Waals surface area contributed by atoms with Gasteiger partial charge in [-0.3, -0.25) is 0 Å². The van der Waals surface area contributed by atoms with Gasteiger partial charge in [-0.05, 0) is 13.0 Å². The van der Waals surface area contributed by atoms with E-state index in [1.807, 2.05) is 18.2 Å². The van der Waals surface area contributed by atoms with E-state index in [2.05, 4.69) is 25.6 Å². The third-order valence-corrected chi connectivity index (χ3v) is 2.49. The van der Waals surface area contributed by atoms with Crippen molar-refractivity contribution in [1.29, 1.82) is 0 Å². The Morgan fingerprint density at radius 3 is 1.95 bits per heavy atom.